The molecule has 0 aliphatic rings. The summed E-state index contributed by atoms with van der Waals surface area (Å²) >= 11 is 6.24. The first kappa shape index (κ1) is 20.6. The zero-order valence-electron chi connectivity index (χ0n) is 15.9. The number of esters is 1. The molecule has 4 rings (SSSR count). The van der Waals surface area contributed by atoms with Crippen LogP contribution in [0, 0.1) is 0 Å². The van der Waals surface area contributed by atoms with Crippen LogP contribution in [0.3, 0.4) is 0 Å². The molecule has 2 aromatic heterocycles. The van der Waals surface area contributed by atoms with Crippen molar-refractivity contribution in [2.24, 2.45) is 0 Å². The molecule has 0 bridgehead atoms. The zero-order chi connectivity index (χ0) is 22.0. The van der Waals surface area contributed by atoms with Gasteiger partial charge in [-0.3, -0.25) is 0 Å². The van der Waals surface area contributed by atoms with Crippen LogP contribution in [0.1, 0.15) is 16.4 Å². The third kappa shape index (κ3) is 4.29. The van der Waals surface area contributed by atoms with Gasteiger partial charge in [0.05, 0.1) is 12.1 Å². The predicted octanol–water partition coefficient (Wildman–Crippen LogP) is 4.84. The van der Waals surface area contributed by atoms with Gasteiger partial charge in [0, 0.05) is 16.5 Å². The van der Waals surface area contributed by atoms with Crippen molar-refractivity contribution < 1.29 is 32.3 Å². The number of benzene rings is 2. The lowest BCUT2D eigenvalue weighted by Gasteiger charge is -2.10. The number of carbonyl (C=O) groups excluding carboxylic acids is 1. The molecule has 0 radical (unpaired) electrons. The lowest BCUT2D eigenvalue weighted by atomic mass is 10.2. The Balaban J connectivity index is 1.46. The molecular weight excluding hydrogens is 436 g/mol. The van der Waals surface area contributed by atoms with Crippen LogP contribution >= 0.6 is 11.6 Å². The van der Waals surface area contributed by atoms with Gasteiger partial charge in [-0.15, -0.1) is 0 Å². The van der Waals surface area contributed by atoms with E-state index in [0.29, 0.717) is 16.5 Å². The van der Waals surface area contributed by atoms with Crippen LogP contribution in [0.25, 0.3) is 22.3 Å². The Hall–Kier alpha value is -3.66. The van der Waals surface area contributed by atoms with E-state index in [2.05, 4.69) is 19.9 Å². The Bertz CT molecular complexity index is 1240. The van der Waals surface area contributed by atoms with Gasteiger partial charge in [-0.05, 0) is 24.3 Å². The van der Waals surface area contributed by atoms with Crippen LogP contribution in [-0.2, 0) is 11.3 Å². The van der Waals surface area contributed by atoms with Crippen molar-refractivity contribution >= 4 is 28.5 Å². The van der Waals surface area contributed by atoms with E-state index in [4.69, 9.17) is 25.6 Å². The summed E-state index contributed by atoms with van der Waals surface area (Å²) in [5.41, 5.74) is 1.24. The summed E-state index contributed by atoms with van der Waals surface area (Å²) < 4.78 is 44.6. The minimum absolute atomic E-state index is 0.0301. The maximum Gasteiger partial charge on any atom is 0.387 e. The predicted molar refractivity (Wildman–Crippen MR) is 105 cm³/mol. The SMILES string of the molecule is COc1cc(-c2noc(COC(=O)c3[nH]c4ccccc4c3Cl)n2)ccc1OC(F)F. The highest BCUT2D eigenvalue weighted by Gasteiger charge is 2.19. The first-order chi connectivity index (χ1) is 15.0. The molecule has 2 heterocycles. The number of fused-ring (bicyclic) bond motifs is 1. The van der Waals surface area contributed by atoms with Crippen LogP contribution in [0.5, 0.6) is 11.5 Å². The summed E-state index contributed by atoms with van der Waals surface area (Å²) in [5.74, 6) is -0.562. The van der Waals surface area contributed by atoms with Crippen molar-refractivity contribution in [3.63, 3.8) is 0 Å². The van der Waals surface area contributed by atoms with E-state index in [1.165, 1.54) is 25.3 Å². The third-order valence-corrected chi connectivity index (χ3v) is 4.67. The number of hydrogen-bond donors (Lipinski definition) is 1. The van der Waals surface area contributed by atoms with Crippen LogP contribution < -0.4 is 9.47 Å². The van der Waals surface area contributed by atoms with Crippen molar-refractivity contribution in [3.8, 4) is 22.9 Å². The third-order valence-electron chi connectivity index (χ3n) is 4.28. The first-order valence-corrected chi connectivity index (χ1v) is 9.23. The Labute approximate surface area is 178 Å². The molecule has 1 N–H and O–H groups in total. The van der Waals surface area contributed by atoms with Gasteiger partial charge in [0.25, 0.3) is 5.89 Å². The normalized spacial score (nSPS) is 11.1. The number of alkyl halides is 2. The van der Waals surface area contributed by atoms with Gasteiger partial charge in [-0.1, -0.05) is 35.0 Å². The van der Waals surface area contributed by atoms with Gasteiger partial charge >= 0.3 is 12.6 Å². The number of ether oxygens (including phenoxy) is 3. The van der Waals surface area contributed by atoms with Gasteiger partial charge in [0.15, 0.2) is 18.1 Å². The smallest absolute Gasteiger partial charge is 0.387 e. The molecule has 0 unspecified atom stereocenters. The minimum Gasteiger partial charge on any atom is -0.493 e. The van der Waals surface area contributed by atoms with Crippen molar-refractivity contribution in [1.29, 1.82) is 0 Å². The Morgan fingerprint density at radius 3 is 2.77 bits per heavy atom. The van der Waals surface area contributed by atoms with Gasteiger partial charge in [-0.2, -0.15) is 13.8 Å². The standard InChI is InChI=1S/C20H14ClF2N3O5/c1-28-14-8-10(6-7-13(14)30-20(22)23)18-25-15(31-26-18)9-29-19(27)17-16(21)11-4-2-3-5-12(11)24-17/h2-8,20,24H,9H2,1H3. The average Bonchev–Trinajstić information content (AvgIpc) is 3.37. The summed E-state index contributed by atoms with van der Waals surface area (Å²) in [7, 11) is 1.31. The number of methoxy groups -OCH3 is 1. The summed E-state index contributed by atoms with van der Waals surface area (Å²) in [5, 5.41) is 4.75. The molecule has 11 heteroatoms. The number of carbonyl (C=O) groups is 1. The highest BCUT2D eigenvalue weighted by molar-refractivity contribution is 6.38. The molecule has 4 aromatic rings. The number of aromatic amines is 1. The molecule has 0 amide bonds. The minimum atomic E-state index is -2.99. The van der Waals surface area contributed by atoms with Crippen molar-refractivity contribution in [2.45, 2.75) is 13.2 Å². The molecule has 0 saturated carbocycles. The molecule has 0 spiro atoms. The second-order valence-corrected chi connectivity index (χ2v) is 6.57. The lowest BCUT2D eigenvalue weighted by molar-refractivity contribution is -0.0512. The second-order valence-electron chi connectivity index (χ2n) is 6.19. The van der Waals surface area contributed by atoms with Gasteiger partial charge in [0.2, 0.25) is 5.82 Å². The number of halogens is 3. The molecule has 0 atom stereocenters. The number of nitrogens with zero attached hydrogens (tertiary/aromatic N) is 2. The summed E-state index contributed by atoms with van der Waals surface area (Å²) in [4.78, 5) is 19.4. The molecule has 0 aliphatic heterocycles. The summed E-state index contributed by atoms with van der Waals surface area (Å²) in [6, 6.07) is 11.4. The maximum absolute atomic E-state index is 12.5. The monoisotopic (exact) mass is 449 g/mol. The van der Waals surface area contributed by atoms with Crippen LogP contribution in [0.2, 0.25) is 5.02 Å². The van der Waals surface area contributed by atoms with E-state index in [9.17, 15) is 13.6 Å². The van der Waals surface area contributed by atoms with Crippen LogP contribution in [0.15, 0.2) is 47.0 Å². The van der Waals surface area contributed by atoms with Gasteiger partial charge in [0.1, 0.15) is 5.69 Å². The van der Waals surface area contributed by atoms with Crippen molar-refractivity contribution in [1.82, 2.24) is 15.1 Å². The molecule has 0 saturated heterocycles. The number of aromatic nitrogens is 3. The van der Waals surface area contributed by atoms with E-state index >= 15 is 0 Å². The lowest BCUT2D eigenvalue weighted by Crippen LogP contribution is -2.06. The Morgan fingerprint density at radius 1 is 1.23 bits per heavy atom. The number of hydrogen-bond acceptors (Lipinski definition) is 7. The number of para-hydroxylation sites is 1. The second kappa shape index (κ2) is 8.60. The van der Waals surface area contributed by atoms with Crippen LogP contribution in [-0.4, -0.2) is 34.8 Å². The van der Waals surface area contributed by atoms with E-state index in [1.54, 1.807) is 18.2 Å². The zero-order valence-corrected chi connectivity index (χ0v) is 16.7. The van der Waals surface area contributed by atoms with Crippen molar-refractivity contribution in [2.75, 3.05) is 7.11 Å². The molecule has 31 heavy (non-hydrogen) atoms. The van der Waals surface area contributed by atoms with E-state index in [0.717, 1.165) is 0 Å². The fraction of sp³-hybridized carbons (Fsp3) is 0.150. The number of nitrogens with one attached hydrogen (secondary N) is 1. The molecule has 160 valence electrons. The molecule has 0 fully saturated rings. The summed E-state index contributed by atoms with van der Waals surface area (Å²) in [6.07, 6.45) is 0. The molecule has 2 aromatic carbocycles. The molecular formula is C20H14ClF2N3O5. The first-order valence-electron chi connectivity index (χ1n) is 8.85. The number of rotatable bonds is 7. The molecule has 0 aliphatic carbocycles. The fourth-order valence-electron chi connectivity index (χ4n) is 2.88. The quantitative estimate of drug-likeness (QED) is 0.403. The highest BCUT2D eigenvalue weighted by Crippen LogP contribution is 2.33. The van der Waals surface area contributed by atoms with E-state index < -0.39 is 12.6 Å². The van der Waals surface area contributed by atoms with Gasteiger partial charge in [-0.25, -0.2) is 4.79 Å². The number of H-pyrrole nitrogens is 1. The fourth-order valence-corrected chi connectivity index (χ4v) is 3.17. The highest BCUT2D eigenvalue weighted by atomic mass is 35.5. The Morgan fingerprint density at radius 2 is 2.03 bits per heavy atom. The van der Waals surface area contributed by atoms with E-state index in [-0.39, 0.29) is 40.5 Å². The average molecular weight is 450 g/mol. The topological polar surface area (TPSA) is 99.5 Å². The maximum atomic E-state index is 12.5. The summed E-state index contributed by atoms with van der Waals surface area (Å²) in [6.45, 7) is -3.28. The van der Waals surface area contributed by atoms with E-state index in [1.807, 2.05) is 6.07 Å². The Kier molecular flexibility index (Phi) is 5.72. The van der Waals surface area contributed by atoms with Crippen molar-refractivity contribution in [3.05, 3.63) is 59.1 Å². The largest absolute Gasteiger partial charge is 0.493 e. The molecule has 8 nitrogen and oxygen atoms in total. The van der Waals surface area contributed by atoms with Crippen LogP contribution in [0.4, 0.5) is 8.78 Å². The van der Waals surface area contributed by atoms with Gasteiger partial charge < -0.3 is 23.7 Å².